The van der Waals surface area contributed by atoms with Crippen molar-refractivity contribution in [2.75, 3.05) is 0 Å². The fraction of sp³-hybridized carbons (Fsp3) is 0.714. The zero-order valence-electron chi connectivity index (χ0n) is 9.34. The van der Waals surface area contributed by atoms with Gasteiger partial charge < -0.3 is 0 Å². The molecular weight excluding hydrogens is 168 g/mol. The van der Waals surface area contributed by atoms with E-state index < -0.39 is 0 Å². The molecule has 0 aliphatic heterocycles. The summed E-state index contributed by atoms with van der Waals surface area (Å²) in [5, 5.41) is 0. The SMILES string of the molecule is CC1(C)C2=CCCC=C2C2CCCC21. The van der Waals surface area contributed by atoms with Crippen molar-refractivity contribution >= 4 is 0 Å². The van der Waals surface area contributed by atoms with Gasteiger partial charge in [0.1, 0.15) is 0 Å². The van der Waals surface area contributed by atoms with Gasteiger partial charge in [0.05, 0.1) is 0 Å². The lowest BCUT2D eigenvalue weighted by Gasteiger charge is -2.28. The molecule has 0 amide bonds. The van der Waals surface area contributed by atoms with E-state index in [2.05, 4.69) is 26.0 Å². The van der Waals surface area contributed by atoms with Gasteiger partial charge in [0.25, 0.3) is 0 Å². The van der Waals surface area contributed by atoms with Gasteiger partial charge in [0.15, 0.2) is 0 Å². The predicted octanol–water partition coefficient (Wildman–Crippen LogP) is 4.09. The molecule has 76 valence electrons. The van der Waals surface area contributed by atoms with E-state index in [0.717, 1.165) is 11.8 Å². The fourth-order valence-corrected chi connectivity index (χ4v) is 4.08. The minimum Gasteiger partial charge on any atom is -0.0804 e. The van der Waals surface area contributed by atoms with Gasteiger partial charge >= 0.3 is 0 Å². The molecule has 0 nitrogen and oxygen atoms in total. The number of allylic oxidation sites excluding steroid dienone is 4. The molecule has 0 N–H and O–H groups in total. The summed E-state index contributed by atoms with van der Waals surface area (Å²) >= 11 is 0. The predicted molar refractivity (Wildman–Crippen MR) is 60.0 cm³/mol. The lowest BCUT2D eigenvalue weighted by Crippen LogP contribution is -2.19. The van der Waals surface area contributed by atoms with Crippen LogP contribution in [0, 0.1) is 17.3 Å². The first-order valence-electron chi connectivity index (χ1n) is 6.12. The van der Waals surface area contributed by atoms with E-state index in [9.17, 15) is 0 Å². The molecule has 3 aliphatic rings. The van der Waals surface area contributed by atoms with Gasteiger partial charge in [-0.05, 0) is 54.1 Å². The quantitative estimate of drug-likeness (QED) is 0.537. The normalized spacial score (nSPS) is 38.7. The summed E-state index contributed by atoms with van der Waals surface area (Å²) in [5.41, 5.74) is 3.93. The van der Waals surface area contributed by atoms with Gasteiger partial charge in [-0.1, -0.05) is 32.4 Å². The lowest BCUT2D eigenvalue weighted by atomic mass is 9.76. The van der Waals surface area contributed by atoms with Crippen LogP contribution in [-0.2, 0) is 0 Å². The van der Waals surface area contributed by atoms with Crippen molar-refractivity contribution in [2.24, 2.45) is 17.3 Å². The highest BCUT2D eigenvalue weighted by molar-refractivity contribution is 5.46. The summed E-state index contributed by atoms with van der Waals surface area (Å²) in [6, 6.07) is 0. The molecule has 3 rings (SSSR count). The highest BCUT2D eigenvalue weighted by atomic mass is 14.5. The van der Waals surface area contributed by atoms with E-state index in [4.69, 9.17) is 0 Å². The van der Waals surface area contributed by atoms with Crippen molar-refractivity contribution in [3.05, 3.63) is 23.3 Å². The molecule has 0 heterocycles. The highest BCUT2D eigenvalue weighted by Crippen LogP contribution is 2.60. The van der Waals surface area contributed by atoms with Crippen molar-refractivity contribution in [1.29, 1.82) is 0 Å². The maximum absolute atomic E-state index is 2.53. The summed E-state index contributed by atoms with van der Waals surface area (Å²) in [5.74, 6) is 1.88. The van der Waals surface area contributed by atoms with E-state index in [1.807, 2.05) is 0 Å². The maximum atomic E-state index is 2.53. The second-order valence-electron chi connectivity index (χ2n) is 5.72. The van der Waals surface area contributed by atoms with Crippen molar-refractivity contribution in [1.82, 2.24) is 0 Å². The topological polar surface area (TPSA) is 0 Å². The Morgan fingerprint density at radius 3 is 2.79 bits per heavy atom. The first kappa shape index (κ1) is 8.76. The van der Waals surface area contributed by atoms with Gasteiger partial charge in [-0.2, -0.15) is 0 Å². The van der Waals surface area contributed by atoms with E-state index in [0.29, 0.717) is 5.41 Å². The van der Waals surface area contributed by atoms with E-state index in [1.165, 1.54) is 32.1 Å². The van der Waals surface area contributed by atoms with Gasteiger partial charge in [-0.25, -0.2) is 0 Å². The Balaban J connectivity index is 2.10. The molecule has 14 heavy (non-hydrogen) atoms. The van der Waals surface area contributed by atoms with Crippen LogP contribution in [0.2, 0.25) is 0 Å². The minimum atomic E-state index is 0.480. The third kappa shape index (κ3) is 0.947. The Labute approximate surface area is 87.1 Å². The number of rotatable bonds is 0. The minimum absolute atomic E-state index is 0.480. The lowest BCUT2D eigenvalue weighted by molar-refractivity contribution is 0.278. The van der Waals surface area contributed by atoms with Crippen molar-refractivity contribution in [3.63, 3.8) is 0 Å². The summed E-state index contributed by atoms with van der Waals surface area (Å²) < 4.78 is 0. The molecular formula is C14H20. The maximum Gasteiger partial charge on any atom is -0.00699 e. The summed E-state index contributed by atoms with van der Waals surface area (Å²) in [4.78, 5) is 0. The average Bonchev–Trinajstić information content (AvgIpc) is 2.72. The summed E-state index contributed by atoms with van der Waals surface area (Å²) in [7, 11) is 0. The molecule has 0 bridgehead atoms. The van der Waals surface area contributed by atoms with Crippen LogP contribution in [0.4, 0.5) is 0 Å². The Bertz CT molecular complexity index is 317. The number of fused-ring (bicyclic) bond motifs is 3. The molecule has 0 aromatic carbocycles. The van der Waals surface area contributed by atoms with Crippen molar-refractivity contribution in [3.8, 4) is 0 Å². The number of hydrogen-bond acceptors (Lipinski definition) is 0. The van der Waals surface area contributed by atoms with Crippen LogP contribution in [-0.4, -0.2) is 0 Å². The second kappa shape index (κ2) is 2.74. The standard InChI is InChI=1S/C14H20/c1-14(2)12-8-4-3-6-10(12)11-7-5-9-13(11)14/h6,8,11,13H,3-5,7,9H2,1-2H3. The summed E-state index contributed by atoms with van der Waals surface area (Å²) in [6.45, 7) is 4.93. The first-order valence-corrected chi connectivity index (χ1v) is 6.12. The summed E-state index contributed by atoms with van der Waals surface area (Å²) in [6.07, 6.45) is 12.0. The first-order chi connectivity index (χ1) is 6.71. The molecule has 0 aromatic heterocycles. The molecule has 2 fully saturated rings. The molecule has 0 spiro atoms. The molecule has 0 radical (unpaired) electrons. The largest absolute Gasteiger partial charge is 0.0804 e. The zero-order chi connectivity index (χ0) is 9.76. The molecule has 0 aromatic rings. The van der Waals surface area contributed by atoms with Crippen molar-refractivity contribution < 1.29 is 0 Å². The Morgan fingerprint density at radius 1 is 1.14 bits per heavy atom. The average molecular weight is 188 g/mol. The zero-order valence-corrected chi connectivity index (χ0v) is 9.34. The molecule has 2 unspecified atom stereocenters. The smallest absolute Gasteiger partial charge is 0.00699 e. The van der Waals surface area contributed by atoms with Crippen LogP contribution in [0.3, 0.4) is 0 Å². The Hall–Kier alpha value is -0.520. The van der Waals surface area contributed by atoms with Gasteiger partial charge in [0, 0.05) is 0 Å². The van der Waals surface area contributed by atoms with E-state index >= 15 is 0 Å². The molecule has 0 saturated heterocycles. The van der Waals surface area contributed by atoms with E-state index in [-0.39, 0.29) is 0 Å². The monoisotopic (exact) mass is 188 g/mol. The van der Waals surface area contributed by atoms with E-state index in [1.54, 1.807) is 11.1 Å². The van der Waals surface area contributed by atoms with Crippen LogP contribution < -0.4 is 0 Å². The highest BCUT2D eigenvalue weighted by Gasteiger charge is 2.50. The number of hydrogen-bond donors (Lipinski definition) is 0. The van der Waals surface area contributed by atoms with Crippen LogP contribution in [0.5, 0.6) is 0 Å². The molecule has 0 heteroatoms. The van der Waals surface area contributed by atoms with Crippen LogP contribution in [0.25, 0.3) is 0 Å². The van der Waals surface area contributed by atoms with Crippen LogP contribution in [0.15, 0.2) is 23.3 Å². The fourth-order valence-electron chi connectivity index (χ4n) is 4.08. The van der Waals surface area contributed by atoms with Crippen LogP contribution >= 0.6 is 0 Å². The third-order valence-corrected chi connectivity index (χ3v) is 4.73. The Morgan fingerprint density at radius 2 is 1.93 bits per heavy atom. The Kier molecular flexibility index (Phi) is 1.72. The van der Waals surface area contributed by atoms with Crippen LogP contribution in [0.1, 0.15) is 46.0 Å². The molecule has 2 saturated carbocycles. The van der Waals surface area contributed by atoms with Gasteiger partial charge in [-0.3, -0.25) is 0 Å². The van der Waals surface area contributed by atoms with Gasteiger partial charge in [-0.15, -0.1) is 0 Å². The third-order valence-electron chi connectivity index (χ3n) is 4.73. The molecule has 2 atom stereocenters. The van der Waals surface area contributed by atoms with Crippen molar-refractivity contribution in [2.45, 2.75) is 46.0 Å². The second-order valence-corrected chi connectivity index (χ2v) is 5.72. The van der Waals surface area contributed by atoms with Gasteiger partial charge in [0.2, 0.25) is 0 Å². The molecule has 3 aliphatic carbocycles.